The number of hydrogen-bond acceptors (Lipinski definition) is 1. The third-order valence-corrected chi connectivity index (χ3v) is 2.34. The largest absolute Gasteiger partial charge is 0.295 e. The molecule has 0 radical (unpaired) electrons. The Hall–Kier alpha value is -1.11. The van der Waals surface area contributed by atoms with E-state index in [4.69, 9.17) is 0 Å². The van der Waals surface area contributed by atoms with Crippen molar-refractivity contribution >= 4 is 5.78 Å². The van der Waals surface area contributed by atoms with Gasteiger partial charge in [0.2, 0.25) is 0 Å². The zero-order valence-electron chi connectivity index (χ0n) is 7.21. The minimum absolute atomic E-state index is 0.164. The first kappa shape index (κ1) is 7.53. The predicted octanol–water partition coefficient (Wildman–Crippen LogP) is 2.77. The van der Waals surface area contributed by atoms with Crippen molar-refractivity contribution in [1.29, 1.82) is 0 Å². The van der Waals surface area contributed by atoms with E-state index in [1.54, 1.807) is 6.92 Å². The molecular formula is C11H12O. The first-order valence-electron chi connectivity index (χ1n) is 4.38. The van der Waals surface area contributed by atoms with Gasteiger partial charge in [-0.25, -0.2) is 0 Å². The number of carbonyl (C=O) groups is 1. The van der Waals surface area contributed by atoms with Crippen LogP contribution < -0.4 is 0 Å². The summed E-state index contributed by atoms with van der Waals surface area (Å²) in [5.74, 6) is 0.904. The highest BCUT2D eigenvalue weighted by molar-refractivity contribution is 5.94. The fourth-order valence-electron chi connectivity index (χ4n) is 1.43. The van der Waals surface area contributed by atoms with E-state index in [1.165, 1.54) is 18.4 Å². The van der Waals surface area contributed by atoms with Crippen LogP contribution >= 0.6 is 0 Å². The van der Waals surface area contributed by atoms with Gasteiger partial charge in [-0.05, 0) is 37.3 Å². The molecule has 0 atom stereocenters. The van der Waals surface area contributed by atoms with E-state index >= 15 is 0 Å². The van der Waals surface area contributed by atoms with Crippen LogP contribution in [0.25, 0.3) is 0 Å². The summed E-state index contributed by atoms with van der Waals surface area (Å²) < 4.78 is 0. The average molecular weight is 160 g/mol. The van der Waals surface area contributed by atoms with Crippen LogP contribution in [0.15, 0.2) is 24.3 Å². The number of hydrogen-bond donors (Lipinski definition) is 0. The van der Waals surface area contributed by atoms with Crippen LogP contribution in [0.4, 0.5) is 0 Å². The smallest absolute Gasteiger partial charge is 0.159 e. The number of rotatable bonds is 2. The van der Waals surface area contributed by atoms with E-state index in [2.05, 4.69) is 6.07 Å². The minimum Gasteiger partial charge on any atom is -0.295 e. The fraction of sp³-hybridized carbons (Fsp3) is 0.364. The van der Waals surface area contributed by atoms with Gasteiger partial charge >= 0.3 is 0 Å². The van der Waals surface area contributed by atoms with Gasteiger partial charge in [0, 0.05) is 5.56 Å². The maximum Gasteiger partial charge on any atom is 0.159 e. The van der Waals surface area contributed by atoms with Gasteiger partial charge in [0.15, 0.2) is 5.78 Å². The van der Waals surface area contributed by atoms with Gasteiger partial charge in [0.1, 0.15) is 0 Å². The molecule has 2 rings (SSSR count). The molecule has 1 aliphatic carbocycles. The van der Waals surface area contributed by atoms with Crippen molar-refractivity contribution in [2.24, 2.45) is 0 Å². The van der Waals surface area contributed by atoms with Crippen LogP contribution in [0.1, 0.15) is 41.6 Å². The molecule has 1 aromatic carbocycles. The topological polar surface area (TPSA) is 17.1 Å². The second kappa shape index (κ2) is 2.74. The van der Waals surface area contributed by atoms with Crippen molar-refractivity contribution < 1.29 is 4.79 Å². The van der Waals surface area contributed by atoms with Gasteiger partial charge in [0.25, 0.3) is 0 Å². The molecule has 0 spiro atoms. The lowest BCUT2D eigenvalue weighted by Crippen LogP contribution is -1.92. The summed E-state index contributed by atoms with van der Waals surface area (Å²) in [6, 6.07) is 8.00. The first-order valence-corrected chi connectivity index (χ1v) is 4.38. The summed E-state index contributed by atoms with van der Waals surface area (Å²) in [5, 5.41) is 0. The Morgan fingerprint density at radius 3 is 2.75 bits per heavy atom. The van der Waals surface area contributed by atoms with Gasteiger partial charge in [0.05, 0.1) is 0 Å². The fourth-order valence-corrected chi connectivity index (χ4v) is 1.43. The predicted molar refractivity (Wildman–Crippen MR) is 48.4 cm³/mol. The van der Waals surface area contributed by atoms with E-state index in [0.29, 0.717) is 0 Å². The zero-order valence-corrected chi connectivity index (χ0v) is 7.21. The Bertz CT molecular complexity index is 311. The van der Waals surface area contributed by atoms with Crippen molar-refractivity contribution in [1.82, 2.24) is 0 Å². The molecule has 1 fully saturated rings. The lowest BCUT2D eigenvalue weighted by molar-refractivity contribution is 0.101. The second-order valence-electron chi connectivity index (χ2n) is 3.46. The molecule has 1 aliphatic rings. The molecule has 0 aliphatic heterocycles. The van der Waals surface area contributed by atoms with Crippen LogP contribution in [0.3, 0.4) is 0 Å². The second-order valence-corrected chi connectivity index (χ2v) is 3.46. The summed E-state index contributed by atoms with van der Waals surface area (Å²) in [7, 11) is 0. The van der Waals surface area contributed by atoms with Crippen molar-refractivity contribution in [3.63, 3.8) is 0 Å². The molecule has 0 heterocycles. The highest BCUT2D eigenvalue weighted by Crippen LogP contribution is 2.40. The average Bonchev–Trinajstić information content (AvgIpc) is 2.87. The highest BCUT2D eigenvalue weighted by Gasteiger charge is 2.23. The van der Waals surface area contributed by atoms with E-state index in [0.717, 1.165) is 11.5 Å². The normalized spacial score (nSPS) is 16.1. The van der Waals surface area contributed by atoms with Crippen molar-refractivity contribution in [3.8, 4) is 0 Å². The van der Waals surface area contributed by atoms with Crippen molar-refractivity contribution in [3.05, 3.63) is 35.4 Å². The zero-order chi connectivity index (χ0) is 8.55. The number of ketones is 1. The Morgan fingerprint density at radius 2 is 2.17 bits per heavy atom. The molecule has 0 saturated heterocycles. The lowest BCUT2D eigenvalue weighted by atomic mass is 10.1. The molecule has 1 saturated carbocycles. The number of benzene rings is 1. The van der Waals surface area contributed by atoms with Gasteiger partial charge < -0.3 is 0 Å². The quantitative estimate of drug-likeness (QED) is 0.608. The molecule has 0 N–H and O–H groups in total. The maximum atomic E-state index is 11.0. The van der Waals surface area contributed by atoms with Crippen LogP contribution in [0, 0.1) is 0 Å². The Kier molecular flexibility index (Phi) is 1.72. The van der Waals surface area contributed by atoms with Crippen LogP contribution in [0.2, 0.25) is 0 Å². The lowest BCUT2D eigenvalue weighted by Gasteiger charge is -1.99. The first-order chi connectivity index (χ1) is 5.77. The van der Waals surface area contributed by atoms with Gasteiger partial charge in [-0.2, -0.15) is 0 Å². The monoisotopic (exact) mass is 160 g/mol. The standard InChI is InChI=1S/C11H12O/c1-8(12)10-3-2-4-11(7-10)9-5-6-9/h2-4,7,9H,5-6H2,1H3. The molecular weight excluding hydrogens is 148 g/mol. The Morgan fingerprint density at radius 1 is 1.42 bits per heavy atom. The van der Waals surface area contributed by atoms with Gasteiger partial charge in [-0.1, -0.05) is 18.2 Å². The van der Waals surface area contributed by atoms with E-state index in [9.17, 15) is 4.79 Å². The Balaban J connectivity index is 2.32. The maximum absolute atomic E-state index is 11.0. The van der Waals surface area contributed by atoms with Gasteiger partial charge in [-0.15, -0.1) is 0 Å². The third-order valence-electron chi connectivity index (χ3n) is 2.34. The van der Waals surface area contributed by atoms with E-state index in [-0.39, 0.29) is 5.78 Å². The summed E-state index contributed by atoms with van der Waals surface area (Å²) in [5.41, 5.74) is 2.18. The SMILES string of the molecule is CC(=O)c1cccc(C2CC2)c1. The summed E-state index contributed by atoms with van der Waals surface area (Å²) >= 11 is 0. The molecule has 62 valence electrons. The molecule has 1 nitrogen and oxygen atoms in total. The summed E-state index contributed by atoms with van der Waals surface area (Å²) in [6.45, 7) is 1.62. The highest BCUT2D eigenvalue weighted by atomic mass is 16.1. The third kappa shape index (κ3) is 1.40. The van der Waals surface area contributed by atoms with E-state index < -0.39 is 0 Å². The molecule has 0 unspecified atom stereocenters. The van der Waals surface area contributed by atoms with Crippen molar-refractivity contribution in [2.75, 3.05) is 0 Å². The summed E-state index contributed by atoms with van der Waals surface area (Å²) in [4.78, 5) is 11.0. The Labute approximate surface area is 72.4 Å². The van der Waals surface area contributed by atoms with Crippen LogP contribution in [-0.4, -0.2) is 5.78 Å². The number of carbonyl (C=O) groups excluding carboxylic acids is 1. The molecule has 1 aromatic rings. The van der Waals surface area contributed by atoms with Crippen molar-refractivity contribution in [2.45, 2.75) is 25.7 Å². The van der Waals surface area contributed by atoms with Crippen LogP contribution in [-0.2, 0) is 0 Å². The molecule has 0 aromatic heterocycles. The summed E-state index contributed by atoms with van der Waals surface area (Å²) in [6.07, 6.45) is 2.59. The molecule has 1 heteroatoms. The molecule has 0 bridgehead atoms. The van der Waals surface area contributed by atoms with Crippen LogP contribution in [0.5, 0.6) is 0 Å². The molecule has 12 heavy (non-hydrogen) atoms. The molecule has 0 amide bonds. The number of Topliss-reactive ketones (excluding diaryl/α,β-unsaturated/α-hetero) is 1. The van der Waals surface area contributed by atoms with E-state index in [1.807, 2.05) is 18.2 Å². The van der Waals surface area contributed by atoms with Gasteiger partial charge in [-0.3, -0.25) is 4.79 Å². The minimum atomic E-state index is 0.164.